The number of hydrogen-bond donors (Lipinski definition) is 1. The van der Waals surface area contributed by atoms with Crippen LogP contribution in [-0.4, -0.2) is 47.4 Å². The fourth-order valence-electron chi connectivity index (χ4n) is 3.96. The maximum atomic E-state index is 13.2. The number of ether oxygens (including phenoxy) is 1. The predicted octanol–water partition coefficient (Wildman–Crippen LogP) is 3.62. The summed E-state index contributed by atoms with van der Waals surface area (Å²) in [6.45, 7) is 1.21. The van der Waals surface area contributed by atoms with E-state index in [1.165, 1.54) is 12.1 Å². The van der Waals surface area contributed by atoms with Crippen LogP contribution in [0, 0.1) is 5.82 Å². The first kappa shape index (κ1) is 22.5. The number of amides is 2. The normalized spacial score (nSPS) is 15.7. The molecule has 0 bridgehead atoms. The molecule has 4 rings (SSSR count). The lowest BCUT2D eigenvalue weighted by atomic mass is 9.98. The van der Waals surface area contributed by atoms with Crippen LogP contribution in [-0.2, 0) is 16.0 Å². The van der Waals surface area contributed by atoms with E-state index in [0.717, 1.165) is 16.7 Å². The molecular formula is C26H26FN3O3. The SMILES string of the molecule is O=C1NCCN(C(=O)CCCOc2cccc(F)c2)[C@H]1Cc1cccc(-c2cccnc2)c1. The molecule has 0 saturated carbocycles. The van der Waals surface area contributed by atoms with Gasteiger partial charge in [0.25, 0.3) is 0 Å². The number of rotatable bonds is 8. The summed E-state index contributed by atoms with van der Waals surface area (Å²) in [5, 5.41) is 2.87. The van der Waals surface area contributed by atoms with Crippen LogP contribution in [0.5, 0.6) is 5.75 Å². The molecule has 2 aromatic carbocycles. The molecule has 0 unspecified atom stereocenters. The second-order valence-electron chi connectivity index (χ2n) is 7.95. The molecule has 3 aromatic rings. The molecule has 6 nitrogen and oxygen atoms in total. The largest absolute Gasteiger partial charge is 0.493 e. The number of aromatic nitrogens is 1. The molecule has 1 atom stereocenters. The van der Waals surface area contributed by atoms with Gasteiger partial charge in [-0.05, 0) is 41.3 Å². The predicted molar refractivity (Wildman–Crippen MR) is 123 cm³/mol. The zero-order chi connectivity index (χ0) is 23.0. The molecule has 1 aliphatic rings. The van der Waals surface area contributed by atoms with Gasteiger partial charge in [-0.15, -0.1) is 0 Å². The van der Waals surface area contributed by atoms with Gasteiger partial charge in [-0.25, -0.2) is 4.39 Å². The van der Waals surface area contributed by atoms with E-state index in [9.17, 15) is 14.0 Å². The van der Waals surface area contributed by atoms with Gasteiger partial charge in [0.15, 0.2) is 0 Å². The van der Waals surface area contributed by atoms with Crippen molar-refractivity contribution < 1.29 is 18.7 Å². The molecule has 0 aliphatic carbocycles. The first-order chi connectivity index (χ1) is 16.1. The quantitative estimate of drug-likeness (QED) is 0.536. The number of hydrogen-bond acceptors (Lipinski definition) is 4. The third kappa shape index (κ3) is 5.94. The Bertz CT molecular complexity index is 1110. The number of nitrogens with one attached hydrogen (secondary N) is 1. The first-order valence-corrected chi connectivity index (χ1v) is 11.0. The molecule has 1 saturated heterocycles. The summed E-state index contributed by atoms with van der Waals surface area (Å²) in [6, 6.07) is 17.2. The first-order valence-electron chi connectivity index (χ1n) is 11.0. The van der Waals surface area contributed by atoms with Crippen molar-refractivity contribution in [1.82, 2.24) is 15.2 Å². The van der Waals surface area contributed by atoms with Crippen molar-refractivity contribution in [3.05, 3.63) is 84.4 Å². The third-order valence-electron chi connectivity index (χ3n) is 5.60. The third-order valence-corrected chi connectivity index (χ3v) is 5.60. The topological polar surface area (TPSA) is 71.5 Å². The number of halogens is 1. The monoisotopic (exact) mass is 447 g/mol. The molecule has 7 heteroatoms. The Morgan fingerprint density at radius 3 is 2.79 bits per heavy atom. The Morgan fingerprint density at radius 2 is 1.97 bits per heavy atom. The Morgan fingerprint density at radius 1 is 1.12 bits per heavy atom. The van der Waals surface area contributed by atoms with Gasteiger partial charge in [0.05, 0.1) is 6.61 Å². The van der Waals surface area contributed by atoms with Crippen LogP contribution in [0.2, 0.25) is 0 Å². The fourth-order valence-corrected chi connectivity index (χ4v) is 3.96. The van der Waals surface area contributed by atoms with E-state index in [1.807, 2.05) is 36.4 Å². The number of carbonyl (C=O) groups is 2. The van der Waals surface area contributed by atoms with Crippen LogP contribution < -0.4 is 10.1 Å². The fraction of sp³-hybridized carbons (Fsp3) is 0.269. The highest BCUT2D eigenvalue weighted by Gasteiger charge is 2.32. The minimum absolute atomic E-state index is 0.0823. The molecule has 2 heterocycles. The van der Waals surface area contributed by atoms with E-state index in [1.54, 1.807) is 29.4 Å². The Balaban J connectivity index is 1.37. The van der Waals surface area contributed by atoms with E-state index in [2.05, 4.69) is 10.3 Å². The number of nitrogens with zero attached hydrogens (tertiary/aromatic N) is 2. The maximum Gasteiger partial charge on any atom is 0.243 e. The average molecular weight is 448 g/mol. The zero-order valence-corrected chi connectivity index (χ0v) is 18.2. The van der Waals surface area contributed by atoms with Crippen molar-refractivity contribution in [2.75, 3.05) is 19.7 Å². The van der Waals surface area contributed by atoms with Crippen molar-refractivity contribution in [2.24, 2.45) is 0 Å². The molecule has 1 fully saturated rings. The van der Waals surface area contributed by atoms with Crippen molar-refractivity contribution in [2.45, 2.75) is 25.3 Å². The molecule has 1 N–H and O–H groups in total. The van der Waals surface area contributed by atoms with Crippen molar-refractivity contribution in [3.8, 4) is 16.9 Å². The van der Waals surface area contributed by atoms with Crippen molar-refractivity contribution in [3.63, 3.8) is 0 Å². The van der Waals surface area contributed by atoms with Gasteiger partial charge >= 0.3 is 0 Å². The molecule has 170 valence electrons. The molecule has 0 radical (unpaired) electrons. The van der Waals surface area contributed by atoms with Crippen molar-refractivity contribution >= 4 is 11.8 Å². The lowest BCUT2D eigenvalue weighted by Crippen LogP contribution is -2.58. The molecule has 2 amide bonds. The highest BCUT2D eigenvalue weighted by Crippen LogP contribution is 2.22. The van der Waals surface area contributed by atoms with Gasteiger partial charge in [0.1, 0.15) is 17.6 Å². The summed E-state index contributed by atoms with van der Waals surface area (Å²) in [7, 11) is 0. The molecular weight excluding hydrogens is 421 g/mol. The summed E-state index contributed by atoms with van der Waals surface area (Å²) < 4.78 is 18.8. The number of carbonyl (C=O) groups excluding carboxylic acids is 2. The van der Waals surface area contributed by atoms with E-state index in [0.29, 0.717) is 38.3 Å². The molecule has 1 aromatic heterocycles. The van der Waals surface area contributed by atoms with Crippen LogP contribution >= 0.6 is 0 Å². The molecule has 0 spiro atoms. The van der Waals surface area contributed by atoms with Crippen LogP contribution in [0.1, 0.15) is 18.4 Å². The summed E-state index contributed by atoms with van der Waals surface area (Å²) in [5.74, 6) is -0.150. The smallest absolute Gasteiger partial charge is 0.243 e. The summed E-state index contributed by atoms with van der Waals surface area (Å²) in [6.07, 6.45) is 4.71. The molecule has 33 heavy (non-hydrogen) atoms. The van der Waals surface area contributed by atoms with Gasteiger partial charge in [-0.2, -0.15) is 0 Å². The highest BCUT2D eigenvalue weighted by atomic mass is 19.1. The second-order valence-corrected chi connectivity index (χ2v) is 7.95. The zero-order valence-electron chi connectivity index (χ0n) is 18.2. The van der Waals surface area contributed by atoms with Crippen LogP contribution in [0.15, 0.2) is 73.1 Å². The number of piperazine rings is 1. The van der Waals surface area contributed by atoms with Gasteiger partial charge in [-0.1, -0.05) is 36.4 Å². The molecule has 1 aliphatic heterocycles. The summed E-state index contributed by atoms with van der Waals surface area (Å²) in [5.41, 5.74) is 2.99. The number of pyridine rings is 1. The minimum atomic E-state index is -0.556. The van der Waals surface area contributed by atoms with Gasteiger partial charge in [0.2, 0.25) is 11.8 Å². The van der Waals surface area contributed by atoms with Crippen LogP contribution in [0.25, 0.3) is 11.1 Å². The average Bonchev–Trinajstić information content (AvgIpc) is 2.84. The van der Waals surface area contributed by atoms with Crippen molar-refractivity contribution in [1.29, 1.82) is 0 Å². The summed E-state index contributed by atoms with van der Waals surface area (Å²) in [4.78, 5) is 31.4. The summed E-state index contributed by atoms with van der Waals surface area (Å²) >= 11 is 0. The standard InChI is InChI=1S/C26H26FN3O3/c27-22-8-2-9-23(17-22)33-14-4-10-25(31)30-13-12-29-26(32)24(30)16-19-5-1-6-20(15-19)21-7-3-11-28-18-21/h1-3,5-9,11,15,17-18,24H,4,10,12-14,16H2,(H,29,32)/t24-/m0/s1. The lowest BCUT2D eigenvalue weighted by molar-refractivity contribution is -0.143. The Kier molecular flexibility index (Phi) is 7.29. The van der Waals surface area contributed by atoms with E-state index in [-0.39, 0.29) is 24.1 Å². The maximum absolute atomic E-state index is 13.2. The van der Waals surface area contributed by atoms with Gasteiger partial charge in [-0.3, -0.25) is 14.6 Å². The van der Waals surface area contributed by atoms with E-state index < -0.39 is 6.04 Å². The van der Waals surface area contributed by atoms with Gasteiger partial charge in [0, 0.05) is 44.4 Å². The highest BCUT2D eigenvalue weighted by molar-refractivity contribution is 5.89. The second kappa shape index (κ2) is 10.7. The Labute approximate surface area is 192 Å². The van der Waals surface area contributed by atoms with Gasteiger partial charge < -0.3 is 15.0 Å². The number of benzene rings is 2. The van der Waals surface area contributed by atoms with Crippen LogP contribution in [0.3, 0.4) is 0 Å². The lowest BCUT2D eigenvalue weighted by Gasteiger charge is -2.35. The van der Waals surface area contributed by atoms with E-state index in [4.69, 9.17) is 4.74 Å². The van der Waals surface area contributed by atoms with Crippen LogP contribution in [0.4, 0.5) is 4.39 Å². The minimum Gasteiger partial charge on any atom is -0.493 e. The Hall–Kier alpha value is -3.74. The van der Waals surface area contributed by atoms with E-state index >= 15 is 0 Å².